The van der Waals surface area contributed by atoms with Crippen molar-refractivity contribution >= 4 is 28.7 Å². The van der Waals surface area contributed by atoms with Crippen molar-refractivity contribution in [2.45, 2.75) is 70.4 Å². The zero-order valence-corrected chi connectivity index (χ0v) is 22.2. The van der Waals surface area contributed by atoms with Gasteiger partial charge in [-0.05, 0) is 49.8 Å². The minimum atomic E-state index is -0.194. The molecule has 9 nitrogen and oxygen atoms in total. The smallest absolute Gasteiger partial charge is 0.321 e. The van der Waals surface area contributed by atoms with Crippen LogP contribution >= 0.6 is 0 Å². The van der Waals surface area contributed by atoms with Crippen LogP contribution in [0.1, 0.15) is 57.8 Å². The van der Waals surface area contributed by atoms with E-state index in [4.69, 9.17) is 9.72 Å². The topological polar surface area (TPSA) is 105 Å². The zero-order chi connectivity index (χ0) is 26.2. The van der Waals surface area contributed by atoms with Gasteiger partial charge in [-0.2, -0.15) is 4.98 Å². The third-order valence-electron chi connectivity index (χ3n) is 7.54. The fourth-order valence-electron chi connectivity index (χ4n) is 5.30. The molecule has 0 spiro atoms. The molecule has 204 valence electrons. The fraction of sp³-hybridized carbons (Fsp3) is 0.552. The summed E-state index contributed by atoms with van der Waals surface area (Å²) < 4.78 is 7.56. The number of aliphatic hydroxyl groups is 1. The molecule has 5 rings (SSSR count). The summed E-state index contributed by atoms with van der Waals surface area (Å²) in [6.45, 7) is 4.08. The van der Waals surface area contributed by atoms with E-state index >= 15 is 0 Å². The molecule has 2 aliphatic heterocycles. The SMILES string of the molecule is O=C(Nc1ccc(-c2cn3c4nc(ncc24)NCCCCCCCC(O)CCCC3)cc1)N1CCOCC1. The lowest BCUT2D eigenvalue weighted by Crippen LogP contribution is -2.43. The number of amides is 2. The molecule has 0 aliphatic carbocycles. The van der Waals surface area contributed by atoms with Gasteiger partial charge in [0.1, 0.15) is 5.65 Å². The molecule has 2 aliphatic rings. The highest BCUT2D eigenvalue weighted by atomic mass is 16.5. The first-order chi connectivity index (χ1) is 18.7. The molecule has 38 heavy (non-hydrogen) atoms. The average molecular weight is 521 g/mol. The summed E-state index contributed by atoms with van der Waals surface area (Å²) in [5.41, 5.74) is 3.82. The van der Waals surface area contributed by atoms with E-state index in [-0.39, 0.29) is 12.1 Å². The van der Waals surface area contributed by atoms with Gasteiger partial charge in [-0.15, -0.1) is 0 Å². The lowest BCUT2D eigenvalue weighted by atomic mass is 10.0. The number of urea groups is 1. The lowest BCUT2D eigenvalue weighted by molar-refractivity contribution is 0.0564. The van der Waals surface area contributed by atoms with E-state index in [1.807, 2.05) is 30.5 Å². The number of carbonyl (C=O) groups is 1. The second kappa shape index (κ2) is 13.1. The molecular formula is C29H40N6O3. The number of hydrogen-bond acceptors (Lipinski definition) is 6. The monoisotopic (exact) mass is 520 g/mol. The van der Waals surface area contributed by atoms with Crippen LogP contribution < -0.4 is 10.6 Å². The Morgan fingerprint density at radius 3 is 2.53 bits per heavy atom. The Morgan fingerprint density at radius 2 is 1.71 bits per heavy atom. The predicted octanol–water partition coefficient (Wildman–Crippen LogP) is 5.26. The molecule has 1 atom stereocenters. The summed E-state index contributed by atoms with van der Waals surface area (Å²) in [5, 5.41) is 17.8. The number of aliphatic hydroxyl groups excluding tert-OH is 1. The second-order valence-corrected chi connectivity index (χ2v) is 10.4. The van der Waals surface area contributed by atoms with Crippen molar-refractivity contribution in [2.24, 2.45) is 0 Å². The van der Waals surface area contributed by atoms with Crippen LogP contribution in [0.3, 0.4) is 0 Å². The minimum Gasteiger partial charge on any atom is -0.393 e. The van der Waals surface area contributed by atoms with E-state index in [0.717, 1.165) is 79.5 Å². The third kappa shape index (κ3) is 6.82. The number of rotatable bonds is 2. The van der Waals surface area contributed by atoms with Crippen molar-refractivity contribution in [2.75, 3.05) is 43.5 Å². The number of ether oxygens (including phenoxy) is 1. The van der Waals surface area contributed by atoms with Gasteiger partial charge in [0, 0.05) is 55.2 Å². The number of fused-ring (bicyclic) bond motifs is 1. The summed E-state index contributed by atoms with van der Waals surface area (Å²) >= 11 is 0. The number of nitrogens with zero attached hydrogens (tertiary/aromatic N) is 4. The van der Waals surface area contributed by atoms with Crippen LogP contribution in [0.4, 0.5) is 16.4 Å². The van der Waals surface area contributed by atoms with Crippen LogP contribution in [0.2, 0.25) is 0 Å². The van der Waals surface area contributed by atoms with Crippen LogP contribution in [0.25, 0.3) is 22.2 Å². The molecule has 3 aromatic rings. The predicted molar refractivity (Wildman–Crippen MR) is 150 cm³/mol. The quantitative estimate of drug-likeness (QED) is 0.426. The summed E-state index contributed by atoms with van der Waals surface area (Å²) in [6.07, 6.45) is 13.4. The van der Waals surface area contributed by atoms with E-state index in [9.17, 15) is 9.90 Å². The molecule has 0 saturated carbocycles. The Kier molecular flexibility index (Phi) is 9.09. The van der Waals surface area contributed by atoms with Crippen LogP contribution in [-0.2, 0) is 11.3 Å². The second-order valence-electron chi connectivity index (χ2n) is 10.4. The molecule has 2 amide bonds. The largest absolute Gasteiger partial charge is 0.393 e. The van der Waals surface area contributed by atoms with Gasteiger partial charge < -0.3 is 29.9 Å². The molecule has 1 unspecified atom stereocenters. The Hall–Kier alpha value is -3.17. The highest BCUT2D eigenvalue weighted by Gasteiger charge is 2.18. The Labute approximate surface area is 224 Å². The normalized spacial score (nSPS) is 20.1. The van der Waals surface area contributed by atoms with Crippen LogP contribution in [0, 0.1) is 0 Å². The maximum atomic E-state index is 12.6. The Balaban J connectivity index is 1.34. The van der Waals surface area contributed by atoms with E-state index in [1.54, 1.807) is 4.90 Å². The van der Waals surface area contributed by atoms with Gasteiger partial charge in [0.25, 0.3) is 0 Å². The maximum Gasteiger partial charge on any atom is 0.321 e. The number of aromatic nitrogens is 3. The van der Waals surface area contributed by atoms with Gasteiger partial charge in [0.05, 0.1) is 19.3 Å². The van der Waals surface area contributed by atoms with Crippen molar-refractivity contribution in [3.63, 3.8) is 0 Å². The highest BCUT2D eigenvalue weighted by molar-refractivity contribution is 5.95. The highest BCUT2D eigenvalue weighted by Crippen LogP contribution is 2.31. The molecule has 1 aromatic carbocycles. The maximum absolute atomic E-state index is 12.6. The van der Waals surface area contributed by atoms with E-state index < -0.39 is 0 Å². The zero-order valence-electron chi connectivity index (χ0n) is 22.2. The number of benzene rings is 1. The summed E-state index contributed by atoms with van der Waals surface area (Å²) in [7, 11) is 0. The molecule has 1 saturated heterocycles. The van der Waals surface area contributed by atoms with Crippen molar-refractivity contribution in [3.8, 4) is 11.1 Å². The van der Waals surface area contributed by atoms with E-state index in [2.05, 4.69) is 26.4 Å². The number of morpholine rings is 1. The fourth-order valence-corrected chi connectivity index (χ4v) is 5.30. The number of hydrogen-bond donors (Lipinski definition) is 3. The van der Waals surface area contributed by atoms with Crippen molar-refractivity contribution in [1.82, 2.24) is 19.4 Å². The van der Waals surface area contributed by atoms with Crippen LogP contribution in [0.15, 0.2) is 36.7 Å². The van der Waals surface area contributed by atoms with Gasteiger partial charge in [-0.3, -0.25) is 0 Å². The Bertz CT molecular complexity index is 1190. The number of nitrogens with one attached hydrogen (secondary N) is 2. The summed E-state index contributed by atoms with van der Waals surface area (Å²) in [5.74, 6) is 0.671. The minimum absolute atomic E-state index is 0.0952. The lowest BCUT2D eigenvalue weighted by Gasteiger charge is -2.26. The molecule has 9 heteroatoms. The van der Waals surface area contributed by atoms with Crippen molar-refractivity contribution < 1.29 is 14.6 Å². The third-order valence-corrected chi connectivity index (χ3v) is 7.54. The van der Waals surface area contributed by atoms with Crippen molar-refractivity contribution in [3.05, 3.63) is 36.7 Å². The average Bonchev–Trinajstić information content (AvgIpc) is 3.30. The first kappa shape index (κ1) is 26.4. The van der Waals surface area contributed by atoms with E-state index in [0.29, 0.717) is 32.3 Å². The first-order valence-corrected chi connectivity index (χ1v) is 14.2. The van der Waals surface area contributed by atoms with Gasteiger partial charge >= 0.3 is 6.03 Å². The molecule has 2 bridgehead atoms. The van der Waals surface area contributed by atoms with Crippen LogP contribution in [-0.4, -0.2) is 69.5 Å². The number of carbonyl (C=O) groups excluding carboxylic acids is 1. The van der Waals surface area contributed by atoms with Gasteiger partial charge in [-0.1, -0.05) is 37.8 Å². The van der Waals surface area contributed by atoms with Gasteiger partial charge in [-0.25, -0.2) is 9.78 Å². The first-order valence-electron chi connectivity index (χ1n) is 14.2. The summed E-state index contributed by atoms with van der Waals surface area (Å²) in [6, 6.07) is 7.87. The number of anilines is 2. The number of aryl methyl sites for hydroxylation is 1. The standard InChI is InChI=1S/C29H40N6O3/c36-24-8-4-2-1-3-6-14-30-28-31-20-25-26(21-35(27(25)33-28)15-7-5-9-24)22-10-12-23(13-11-22)32-29(37)34-16-18-38-19-17-34/h10-13,20-21,24,36H,1-9,14-19H2,(H,32,37)(H,30,31,33). The van der Waals surface area contributed by atoms with Gasteiger partial charge in [0.15, 0.2) is 0 Å². The van der Waals surface area contributed by atoms with Crippen LogP contribution in [0.5, 0.6) is 0 Å². The summed E-state index contributed by atoms with van der Waals surface area (Å²) in [4.78, 5) is 23.8. The molecule has 2 aromatic heterocycles. The molecule has 3 N–H and O–H groups in total. The molecule has 0 radical (unpaired) electrons. The molecule has 1 fully saturated rings. The molecular weight excluding hydrogens is 480 g/mol. The van der Waals surface area contributed by atoms with Gasteiger partial charge in [0.2, 0.25) is 5.95 Å². The Morgan fingerprint density at radius 1 is 0.974 bits per heavy atom. The van der Waals surface area contributed by atoms with Crippen molar-refractivity contribution in [1.29, 1.82) is 0 Å². The van der Waals surface area contributed by atoms with E-state index in [1.165, 1.54) is 19.3 Å². The molecule has 4 heterocycles.